The fraction of sp³-hybridized carbons (Fsp3) is 0. The lowest BCUT2D eigenvalue weighted by Gasteiger charge is -1.96. The quantitative estimate of drug-likeness (QED) is 0.757. The van der Waals surface area contributed by atoms with Gasteiger partial charge >= 0.3 is 0 Å². The molecule has 3 heterocycles. The van der Waals surface area contributed by atoms with Crippen LogP contribution < -0.4 is 5.32 Å². The van der Waals surface area contributed by atoms with E-state index >= 15 is 0 Å². The maximum atomic E-state index is 11.8. The Hall–Kier alpha value is -2.41. The van der Waals surface area contributed by atoms with Gasteiger partial charge in [0.2, 0.25) is 0 Å². The van der Waals surface area contributed by atoms with E-state index in [1.807, 2.05) is 17.5 Å². The number of H-pyrrole nitrogens is 1. The standard InChI is InChI=1S/C11H8N4O2S/c16-11(13-10-3-4-12-14-10)7-6-8(17-15-7)9-2-1-5-18-9/h1-6H,(H2,12,13,14,16). The Morgan fingerprint density at radius 2 is 2.39 bits per heavy atom. The summed E-state index contributed by atoms with van der Waals surface area (Å²) in [6.07, 6.45) is 1.55. The van der Waals surface area contributed by atoms with Crippen molar-refractivity contribution in [3.05, 3.63) is 41.5 Å². The highest BCUT2D eigenvalue weighted by Gasteiger charge is 2.14. The first-order chi connectivity index (χ1) is 8.83. The number of anilines is 1. The van der Waals surface area contributed by atoms with Gasteiger partial charge in [-0.3, -0.25) is 9.89 Å². The van der Waals surface area contributed by atoms with Crippen LogP contribution in [0.15, 0.2) is 40.4 Å². The number of carbonyl (C=O) groups is 1. The summed E-state index contributed by atoms with van der Waals surface area (Å²) in [6, 6.07) is 7.07. The van der Waals surface area contributed by atoms with Crippen molar-refractivity contribution in [1.82, 2.24) is 15.4 Å². The van der Waals surface area contributed by atoms with E-state index in [9.17, 15) is 4.79 Å². The molecule has 3 aromatic rings. The Labute approximate surface area is 106 Å². The molecule has 0 radical (unpaired) electrons. The van der Waals surface area contributed by atoms with Crippen molar-refractivity contribution < 1.29 is 9.32 Å². The molecule has 1 amide bonds. The molecule has 18 heavy (non-hydrogen) atoms. The molecular weight excluding hydrogens is 252 g/mol. The number of nitrogens with zero attached hydrogens (tertiary/aromatic N) is 2. The molecule has 0 aromatic carbocycles. The van der Waals surface area contributed by atoms with Gasteiger partial charge in [-0.25, -0.2) is 0 Å². The monoisotopic (exact) mass is 260 g/mol. The number of carbonyl (C=O) groups excluding carboxylic acids is 1. The minimum atomic E-state index is -0.342. The molecule has 0 saturated heterocycles. The zero-order valence-corrected chi connectivity index (χ0v) is 9.90. The second-order valence-electron chi connectivity index (χ2n) is 3.48. The second kappa shape index (κ2) is 4.46. The first-order valence-electron chi connectivity index (χ1n) is 5.14. The van der Waals surface area contributed by atoms with E-state index in [1.165, 1.54) is 11.3 Å². The molecule has 90 valence electrons. The summed E-state index contributed by atoms with van der Waals surface area (Å²) in [4.78, 5) is 12.8. The van der Waals surface area contributed by atoms with E-state index in [-0.39, 0.29) is 11.6 Å². The zero-order chi connectivity index (χ0) is 12.4. The van der Waals surface area contributed by atoms with Crippen LogP contribution in [0.2, 0.25) is 0 Å². The number of rotatable bonds is 3. The Balaban J connectivity index is 1.79. The summed E-state index contributed by atoms with van der Waals surface area (Å²) >= 11 is 1.52. The van der Waals surface area contributed by atoms with Crippen molar-refractivity contribution in [2.75, 3.05) is 5.32 Å². The first-order valence-corrected chi connectivity index (χ1v) is 6.02. The van der Waals surface area contributed by atoms with Crippen LogP contribution in [0.5, 0.6) is 0 Å². The van der Waals surface area contributed by atoms with Gasteiger partial charge in [0.25, 0.3) is 5.91 Å². The van der Waals surface area contributed by atoms with E-state index in [2.05, 4.69) is 20.7 Å². The maximum absolute atomic E-state index is 11.8. The summed E-state index contributed by atoms with van der Waals surface area (Å²) in [7, 11) is 0. The lowest BCUT2D eigenvalue weighted by atomic mass is 10.3. The van der Waals surface area contributed by atoms with Crippen LogP contribution in [0, 0.1) is 0 Å². The van der Waals surface area contributed by atoms with E-state index < -0.39 is 0 Å². The van der Waals surface area contributed by atoms with Gasteiger partial charge in [0.05, 0.1) is 11.1 Å². The minimum absolute atomic E-state index is 0.230. The molecule has 0 aliphatic carbocycles. The Morgan fingerprint density at radius 1 is 1.44 bits per heavy atom. The Morgan fingerprint density at radius 3 is 3.11 bits per heavy atom. The van der Waals surface area contributed by atoms with Crippen LogP contribution in [0.1, 0.15) is 10.5 Å². The van der Waals surface area contributed by atoms with Crippen molar-refractivity contribution in [3.8, 4) is 10.6 Å². The van der Waals surface area contributed by atoms with Crippen LogP contribution in [0.25, 0.3) is 10.6 Å². The number of hydrogen-bond donors (Lipinski definition) is 2. The van der Waals surface area contributed by atoms with Crippen molar-refractivity contribution >= 4 is 23.1 Å². The normalized spacial score (nSPS) is 10.4. The summed E-state index contributed by atoms with van der Waals surface area (Å²) in [5, 5.41) is 14.7. The van der Waals surface area contributed by atoms with Gasteiger partial charge in [0.1, 0.15) is 5.82 Å². The molecule has 0 bridgehead atoms. The lowest BCUT2D eigenvalue weighted by Crippen LogP contribution is -2.12. The summed E-state index contributed by atoms with van der Waals surface area (Å²) in [6.45, 7) is 0. The first kappa shape index (κ1) is 10.7. The highest BCUT2D eigenvalue weighted by Crippen LogP contribution is 2.25. The fourth-order valence-corrected chi connectivity index (χ4v) is 2.10. The number of hydrogen-bond acceptors (Lipinski definition) is 5. The molecule has 0 unspecified atom stereocenters. The molecule has 3 aromatic heterocycles. The van der Waals surface area contributed by atoms with Crippen LogP contribution in [-0.4, -0.2) is 21.3 Å². The molecular formula is C11H8N4O2S. The van der Waals surface area contributed by atoms with Crippen molar-refractivity contribution in [3.63, 3.8) is 0 Å². The Kier molecular flexibility index (Phi) is 2.66. The van der Waals surface area contributed by atoms with Crippen LogP contribution >= 0.6 is 11.3 Å². The largest absolute Gasteiger partial charge is 0.355 e. The predicted octanol–water partition coefficient (Wildman–Crippen LogP) is 2.38. The number of aromatic nitrogens is 3. The fourth-order valence-electron chi connectivity index (χ4n) is 1.43. The second-order valence-corrected chi connectivity index (χ2v) is 4.43. The van der Waals surface area contributed by atoms with Gasteiger partial charge in [0, 0.05) is 12.1 Å². The van der Waals surface area contributed by atoms with E-state index in [4.69, 9.17) is 4.52 Å². The highest BCUT2D eigenvalue weighted by molar-refractivity contribution is 7.13. The molecule has 6 nitrogen and oxygen atoms in total. The van der Waals surface area contributed by atoms with Crippen LogP contribution in [-0.2, 0) is 0 Å². The van der Waals surface area contributed by atoms with Crippen LogP contribution in [0.3, 0.4) is 0 Å². The van der Waals surface area contributed by atoms with E-state index in [1.54, 1.807) is 18.3 Å². The molecule has 7 heteroatoms. The number of thiophene rings is 1. The van der Waals surface area contributed by atoms with Crippen molar-refractivity contribution in [2.24, 2.45) is 0 Å². The van der Waals surface area contributed by atoms with Crippen molar-refractivity contribution in [1.29, 1.82) is 0 Å². The van der Waals surface area contributed by atoms with Gasteiger partial charge in [-0.05, 0) is 11.4 Å². The Bertz CT molecular complexity index is 642. The summed E-state index contributed by atoms with van der Waals surface area (Å²) in [5.41, 5.74) is 0.230. The third-order valence-electron chi connectivity index (χ3n) is 2.26. The SMILES string of the molecule is O=C(Nc1ccn[nH]1)c1cc(-c2cccs2)on1. The third-order valence-corrected chi connectivity index (χ3v) is 3.14. The third kappa shape index (κ3) is 2.03. The van der Waals surface area contributed by atoms with Gasteiger partial charge < -0.3 is 9.84 Å². The molecule has 0 atom stereocenters. The number of amides is 1. The molecule has 2 N–H and O–H groups in total. The van der Waals surface area contributed by atoms with Crippen LogP contribution in [0.4, 0.5) is 5.82 Å². The molecule has 0 saturated carbocycles. The molecule has 0 aliphatic rings. The van der Waals surface area contributed by atoms with Gasteiger partial charge in [-0.15, -0.1) is 11.3 Å². The van der Waals surface area contributed by atoms with Gasteiger partial charge in [0.15, 0.2) is 11.5 Å². The minimum Gasteiger partial charge on any atom is -0.355 e. The topological polar surface area (TPSA) is 83.8 Å². The lowest BCUT2D eigenvalue weighted by molar-refractivity contribution is 0.101. The molecule has 0 aliphatic heterocycles. The summed E-state index contributed by atoms with van der Waals surface area (Å²) < 4.78 is 5.12. The van der Waals surface area contributed by atoms with E-state index in [0.717, 1.165) is 4.88 Å². The molecule has 3 rings (SSSR count). The van der Waals surface area contributed by atoms with Gasteiger partial charge in [-0.1, -0.05) is 11.2 Å². The molecule has 0 spiro atoms. The number of aromatic amines is 1. The smallest absolute Gasteiger partial charge is 0.279 e. The maximum Gasteiger partial charge on any atom is 0.279 e. The summed E-state index contributed by atoms with van der Waals surface area (Å²) in [5.74, 6) is 0.756. The van der Waals surface area contributed by atoms with Crippen molar-refractivity contribution in [2.45, 2.75) is 0 Å². The molecule has 0 fully saturated rings. The average Bonchev–Trinajstić information content (AvgIpc) is 3.11. The highest BCUT2D eigenvalue weighted by atomic mass is 32.1. The average molecular weight is 260 g/mol. The van der Waals surface area contributed by atoms with Gasteiger partial charge in [-0.2, -0.15) is 5.10 Å². The number of nitrogens with one attached hydrogen (secondary N) is 2. The zero-order valence-electron chi connectivity index (χ0n) is 9.08. The van der Waals surface area contributed by atoms with E-state index in [0.29, 0.717) is 11.6 Å². The predicted molar refractivity (Wildman–Crippen MR) is 66.4 cm³/mol.